The van der Waals surface area contributed by atoms with Crippen LogP contribution in [0.2, 0.25) is 0 Å². The van der Waals surface area contributed by atoms with Crippen LogP contribution in [0.1, 0.15) is 21.3 Å². The molecule has 0 aliphatic carbocycles. The quantitative estimate of drug-likeness (QED) is 0.484. The molecule has 36 heavy (non-hydrogen) atoms. The summed E-state index contributed by atoms with van der Waals surface area (Å²) in [6.45, 7) is 0. The van der Waals surface area contributed by atoms with Crippen LogP contribution in [0, 0.1) is 11.6 Å². The van der Waals surface area contributed by atoms with E-state index < -0.39 is 34.9 Å². The van der Waals surface area contributed by atoms with E-state index in [4.69, 9.17) is 14.2 Å². The molecule has 10 heteroatoms. The largest absolute Gasteiger partial charge is 0.493 e. The molecule has 1 aliphatic rings. The number of methoxy groups -OCH3 is 3. The molecule has 7 nitrogen and oxygen atoms in total. The van der Waals surface area contributed by atoms with E-state index in [1.54, 1.807) is 12.1 Å². The van der Waals surface area contributed by atoms with Gasteiger partial charge in [-0.3, -0.25) is 9.59 Å². The van der Waals surface area contributed by atoms with Crippen LogP contribution < -0.4 is 19.5 Å². The molecule has 2 unspecified atom stereocenters. The van der Waals surface area contributed by atoms with Crippen molar-refractivity contribution in [1.29, 1.82) is 0 Å². The second-order valence-corrected chi connectivity index (χ2v) is 8.99. The molecule has 1 heterocycles. The number of hydrogen-bond acceptors (Lipinski definition) is 6. The highest BCUT2D eigenvalue weighted by molar-refractivity contribution is 7.99. The molecule has 0 radical (unpaired) electrons. The van der Waals surface area contributed by atoms with Crippen LogP contribution in [0.4, 0.5) is 14.5 Å². The number of rotatable bonds is 7. The summed E-state index contributed by atoms with van der Waals surface area (Å²) in [6.07, 6.45) is 0. The molecule has 0 spiro atoms. The first-order chi connectivity index (χ1) is 17.4. The zero-order valence-electron chi connectivity index (χ0n) is 19.8. The van der Waals surface area contributed by atoms with Gasteiger partial charge in [0.15, 0.2) is 11.5 Å². The average Bonchev–Trinajstić information content (AvgIpc) is 3.34. The van der Waals surface area contributed by atoms with E-state index in [9.17, 15) is 18.4 Å². The Morgan fingerprint density at radius 1 is 0.917 bits per heavy atom. The van der Waals surface area contributed by atoms with Crippen LogP contribution in [-0.2, 0) is 4.79 Å². The maximum atomic E-state index is 14.1. The molecule has 1 fully saturated rings. The van der Waals surface area contributed by atoms with Crippen molar-refractivity contribution in [3.05, 3.63) is 83.4 Å². The third-order valence-corrected chi connectivity index (χ3v) is 7.02. The van der Waals surface area contributed by atoms with E-state index in [2.05, 4.69) is 5.32 Å². The number of carbonyl (C=O) groups excluding carboxylic acids is 2. The van der Waals surface area contributed by atoms with Crippen molar-refractivity contribution < 1.29 is 32.6 Å². The molecule has 1 saturated heterocycles. The molecule has 0 bridgehead atoms. The Bertz CT molecular complexity index is 1250. The number of halogens is 2. The fourth-order valence-electron chi connectivity index (χ4n) is 3.99. The summed E-state index contributed by atoms with van der Waals surface area (Å²) in [5, 5.41) is 2.11. The Morgan fingerprint density at radius 2 is 1.58 bits per heavy atom. The first-order valence-corrected chi connectivity index (χ1v) is 12.0. The zero-order chi connectivity index (χ0) is 25.8. The lowest BCUT2D eigenvalue weighted by molar-refractivity contribution is -0.119. The van der Waals surface area contributed by atoms with Crippen LogP contribution in [0.5, 0.6) is 17.2 Å². The summed E-state index contributed by atoms with van der Waals surface area (Å²) >= 11 is 1.34. The normalized spacial score (nSPS) is 17.0. The highest BCUT2D eigenvalue weighted by Gasteiger charge is 2.43. The Labute approximate surface area is 211 Å². The first kappa shape index (κ1) is 25.3. The number of amides is 2. The summed E-state index contributed by atoms with van der Waals surface area (Å²) in [5.74, 6) is -0.670. The van der Waals surface area contributed by atoms with Crippen molar-refractivity contribution in [2.75, 3.05) is 32.4 Å². The van der Waals surface area contributed by atoms with Crippen LogP contribution in [-0.4, -0.2) is 49.8 Å². The van der Waals surface area contributed by atoms with Gasteiger partial charge in [0.1, 0.15) is 23.1 Å². The van der Waals surface area contributed by atoms with Crippen molar-refractivity contribution in [3.8, 4) is 17.2 Å². The zero-order valence-corrected chi connectivity index (χ0v) is 20.6. The second kappa shape index (κ2) is 10.9. The highest BCUT2D eigenvalue weighted by Crippen LogP contribution is 2.44. The molecule has 2 amide bonds. The van der Waals surface area contributed by atoms with Gasteiger partial charge in [0.2, 0.25) is 11.7 Å². The molecule has 3 aromatic rings. The number of anilines is 1. The van der Waals surface area contributed by atoms with Crippen LogP contribution in [0.25, 0.3) is 0 Å². The van der Waals surface area contributed by atoms with Gasteiger partial charge >= 0.3 is 0 Å². The molecule has 1 aliphatic heterocycles. The number of ether oxygens (including phenoxy) is 3. The third kappa shape index (κ3) is 5.08. The first-order valence-electron chi connectivity index (χ1n) is 10.9. The standard InChI is InChI=1S/C26H24F2N2O5S/c1-33-21-12-16(13-22(34-2)23(21)35-3)25(32)30-20(24(31)29-19-9-7-17(27)8-10-19)14-36-26(30)15-5-4-6-18(28)11-15/h4-13,20,26H,14H2,1-3H3,(H,29,31). The Balaban J connectivity index is 1.73. The maximum absolute atomic E-state index is 14.1. The highest BCUT2D eigenvalue weighted by atomic mass is 32.2. The SMILES string of the molecule is COc1cc(C(=O)N2C(C(=O)Nc3ccc(F)cc3)CSC2c2cccc(F)c2)cc(OC)c1OC. The fraction of sp³-hybridized carbons (Fsp3) is 0.231. The summed E-state index contributed by atoms with van der Waals surface area (Å²) in [7, 11) is 4.33. The summed E-state index contributed by atoms with van der Waals surface area (Å²) in [4.78, 5) is 28.6. The molecule has 4 rings (SSSR count). The molecular formula is C26H24F2N2O5S. The predicted molar refractivity (Wildman–Crippen MR) is 133 cm³/mol. The summed E-state index contributed by atoms with van der Waals surface area (Å²) < 4.78 is 43.5. The Morgan fingerprint density at radius 3 is 2.17 bits per heavy atom. The predicted octanol–water partition coefficient (Wildman–Crippen LogP) is 4.89. The Kier molecular flexibility index (Phi) is 7.64. The van der Waals surface area contributed by atoms with E-state index in [0.29, 0.717) is 17.0 Å². The number of carbonyl (C=O) groups is 2. The minimum Gasteiger partial charge on any atom is -0.493 e. The van der Waals surface area contributed by atoms with Crippen molar-refractivity contribution in [2.45, 2.75) is 11.4 Å². The monoisotopic (exact) mass is 514 g/mol. The van der Waals surface area contributed by atoms with Crippen molar-refractivity contribution >= 4 is 29.3 Å². The minimum absolute atomic E-state index is 0.202. The smallest absolute Gasteiger partial charge is 0.256 e. The molecule has 2 atom stereocenters. The minimum atomic E-state index is -0.889. The van der Waals surface area contributed by atoms with E-state index in [-0.39, 0.29) is 22.8 Å². The molecule has 3 aromatic carbocycles. The third-order valence-electron chi connectivity index (χ3n) is 5.69. The summed E-state index contributed by atoms with van der Waals surface area (Å²) in [5.41, 5.74) is 1.13. The van der Waals surface area contributed by atoms with Gasteiger partial charge in [0, 0.05) is 17.0 Å². The number of benzene rings is 3. The van der Waals surface area contributed by atoms with Crippen LogP contribution in [0.15, 0.2) is 60.7 Å². The van der Waals surface area contributed by atoms with E-state index in [0.717, 1.165) is 0 Å². The van der Waals surface area contributed by atoms with Gasteiger partial charge < -0.3 is 24.4 Å². The molecule has 1 N–H and O–H groups in total. The van der Waals surface area contributed by atoms with Gasteiger partial charge in [-0.25, -0.2) is 8.78 Å². The van der Waals surface area contributed by atoms with Crippen molar-refractivity contribution in [1.82, 2.24) is 4.90 Å². The number of nitrogens with one attached hydrogen (secondary N) is 1. The van der Waals surface area contributed by atoms with Gasteiger partial charge in [-0.2, -0.15) is 0 Å². The molecular weight excluding hydrogens is 490 g/mol. The maximum Gasteiger partial charge on any atom is 0.256 e. The van der Waals surface area contributed by atoms with Gasteiger partial charge in [-0.05, 0) is 54.1 Å². The van der Waals surface area contributed by atoms with Gasteiger partial charge in [0.25, 0.3) is 5.91 Å². The van der Waals surface area contributed by atoms with E-state index >= 15 is 0 Å². The van der Waals surface area contributed by atoms with Gasteiger partial charge in [-0.1, -0.05) is 12.1 Å². The fourth-order valence-corrected chi connectivity index (χ4v) is 5.40. The van der Waals surface area contributed by atoms with Crippen LogP contribution >= 0.6 is 11.8 Å². The second-order valence-electron chi connectivity index (χ2n) is 7.88. The number of hydrogen-bond donors (Lipinski definition) is 1. The van der Waals surface area contributed by atoms with Crippen LogP contribution in [0.3, 0.4) is 0 Å². The molecule has 188 valence electrons. The van der Waals surface area contributed by atoms with E-state index in [1.807, 2.05) is 0 Å². The van der Waals surface area contributed by atoms with Gasteiger partial charge in [0.05, 0.1) is 21.3 Å². The van der Waals surface area contributed by atoms with Gasteiger partial charge in [-0.15, -0.1) is 11.8 Å². The topological polar surface area (TPSA) is 77.1 Å². The lowest BCUT2D eigenvalue weighted by atomic mass is 10.1. The summed E-state index contributed by atoms with van der Waals surface area (Å²) in [6, 6.07) is 13.4. The number of thioether (sulfide) groups is 1. The van der Waals surface area contributed by atoms with Crippen molar-refractivity contribution in [2.24, 2.45) is 0 Å². The lowest BCUT2D eigenvalue weighted by Crippen LogP contribution is -2.45. The van der Waals surface area contributed by atoms with Crippen molar-refractivity contribution in [3.63, 3.8) is 0 Å². The number of nitrogens with zero attached hydrogens (tertiary/aromatic N) is 1. The molecule has 0 saturated carbocycles. The van der Waals surface area contributed by atoms with E-state index in [1.165, 1.54) is 86.5 Å². The lowest BCUT2D eigenvalue weighted by Gasteiger charge is -2.29. The molecule has 0 aromatic heterocycles. The Hall–Kier alpha value is -3.79. The average molecular weight is 515 g/mol.